The number of nitrogen functional groups attached to an aromatic ring is 1. The molecule has 1 aliphatic heterocycles. The van der Waals surface area contributed by atoms with Gasteiger partial charge < -0.3 is 67.7 Å². The quantitative estimate of drug-likeness (QED) is 0.00465. The summed E-state index contributed by atoms with van der Waals surface area (Å²) in [5.41, 5.74) is 18.3. The van der Waals surface area contributed by atoms with Crippen LogP contribution >= 0.6 is 0 Å². The second-order valence-corrected chi connectivity index (χ2v) is 31.3. The maximum Gasteiger partial charge on any atom is 0.419 e. The van der Waals surface area contributed by atoms with Crippen LogP contribution in [-0.4, -0.2) is 162 Å². The summed E-state index contributed by atoms with van der Waals surface area (Å²) in [6, 6.07) is 72.7. The Morgan fingerprint density at radius 2 is 0.621 bits per heavy atom. The van der Waals surface area contributed by atoms with E-state index in [2.05, 4.69) is 26.6 Å². The summed E-state index contributed by atoms with van der Waals surface area (Å²) in [6.45, 7) is 1.06. The summed E-state index contributed by atoms with van der Waals surface area (Å²) in [6.07, 6.45) is -0.442. The minimum Gasteiger partial charge on any atom is -0.478 e. The molecule has 132 heavy (non-hydrogen) atoms. The molecule has 1 fully saturated rings. The van der Waals surface area contributed by atoms with E-state index in [0.29, 0.717) is 97.7 Å². The fourth-order valence-corrected chi connectivity index (χ4v) is 13.7. The molecule has 1 aliphatic rings. The summed E-state index contributed by atoms with van der Waals surface area (Å²) in [5.74, 6) is -4.54. The van der Waals surface area contributed by atoms with Gasteiger partial charge in [0, 0.05) is 47.0 Å². The zero-order valence-electron chi connectivity index (χ0n) is 72.9. The molecule has 10 aromatic carbocycles. The largest absolute Gasteiger partial charge is 0.478 e. The van der Waals surface area contributed by atoms with E-state index in [1.807, 2.05) is 133 Å². The maximum absolute atomic E-state index is 12.9. The topological polar surface area (TPSA) is 425 Å². The predicted octanol–water partition coefficient (Wildman–Crippen LogP) is 15.8. The fraction of sp³-hybridized carbons (Fsp3) is 0.287. The molecule has 0 aromatic heterocycles. The Balaban J connectivity index is 0.477. The van der Waals surface area contributed by atoms with Crippen molar-refractivity contribution in [3.63, 3.8) is 0 Å². The van der Waals surface area contributed by atoms with Crippen LogP contribution in [0.25, 0.3) is 0 Å². The number of carboxylic acids is 1. The molecule has 31 heteroatoms. The van der Waals surface area contributed by atoms with Crippen molar-refractivity contribution in [3.8, 4) is 0 Å². The van der Waals surface area contributed by atoms with Gasteiger partial charge in [0.15, 0.2) is 0 Å². The number of nitrogens with one attached hydrogen (secondary N) is 5. The van der Waals surface area contributed by atoms with Gasteiger partial charge in [0.1, 0.15) is 45.7 Å². The zero-order chi connectivity index (χ0) is 93.2. The molecule has 0 saturated carbocycles. The third kappa shape index (κ3) is 36.1. The Kier molecular flexibility index (Phi) is 37.7. The first-order valence-electron chi connectivity index (χ1n) is 43.0. The lowest BCUT2D eigenvalue weighted by molar-refractivity contribution is -0.160. The van der Waals surface area contributed by atoms with Gasteiger partial charge >= 0.3 is 72.3 Å². The van der Waals surface area contributed by atoms with E-state index in [-0.39, 0.29) is 116 Å². The SMILES string of the molecule is CC(COC(=O)Nc1cccc(Cc2cccc(CC(=O)OCCCCOC(=O)Nc3cccc(Cc4cccc(NC(=O)OCCOCCOC(=O)CCCCC(=O)OC(=O)Nc5cccc(Cc6cccc(CC(=O)OCCOC(=O)Cc7cccc(Cc8cccc(CC(=O)OCC9CO9)c8)c7)c6)c5)c4)c3)c2)c1)(OC(=O)Nc1cccc(Cc2cccc(N)c2)c1)C(=O)O. The number of anilines is 6. The van der Waals surface area contributed by atoms with E-state index in [0.717, 1.165) is 79.2 Å². The van der Waals surface area contributed by atoms with Crippen LogP contribution < -0.4 is 32.3 Å². The van der Waals surface area contributed by atoms with Crippen LogP contribution in [-0.2, 0) is 148 Å². The summed E-state index contributed by atoms with van der Waals surface area (Å²) in [7, 11) is 0. The van der Waals surface area contributed by atoms with Gasteiger partial charge in [-0.2, -0.15) is 0 Å². The minimum absolute atomic E-state index is 0.00710. The van der Waals surface area contributed by atoms with Crippen molar-refractivity contribution in [2.45, 2.75) is 115 Å². The number of esters is 6. The number of carbonyl (C=O) groups is 12. The van der Waals surface area contributed by atoms with Gasteiger partial charge in [-0.3, -0.25) is 55.4 Å². The second-order valence-electron chi connectivity index (χ2n) is 31.3. The average Bonchev–Trinajstić information content (AvgIpc) is 1.20. The number of benzene rings is 10. The number of epoxide rings is 1. The second kappa shape index (κ2) is 51.1. The van der Waals surface area contributed by atoms with Crippen molar-refractivity contribution in [1.29, 1.82) is 0 Å². The van der Waals surface area contributed by atoms with Gasteiger partial charge in [-0.05, 0) is 215 Å². The van der Waals surface area contributed by atoms with E-state index < -0.39 is 78.5 Å². The summed E-state index contributed by atoms with van der Waals surface area (Å²) < 4.78 is 63.4. The Morgan fingerprint density at radius 3 is 1.02 bits per heavy atom. The molecule has 1 heterocycles. The molecule has 688 valence electrons. The number of ether oxygens (including phenoxy) is 12. The molecule has 1 saturated heterocycles. The van der Waals surface area contributed by atoms with Crippen molar-refractivity contribution in [2.24, 2.45) is 0 Å². The minimum atomic E-state index is -2.24. The van der Waals surface area contributed by atoms with Crippen LogP contribution in [0, 0.1) is 0 Å². The van der Waals surface area contributed by atoms with E-state index in [9.17, 15) is 62.6 Å². The molecular formula is C101H104N6O25. The number of rotatable bonds is 48. The van der Waals surface area contributed by atoms with Gasteiger partial charge in [-0.15, -0.1) is 0 Å². The molecule has 0 spiro atoms. The molecule has 0 aliphatic carbocycles. The fourth-order valence-electron chi connectivity index (χ4n) is 13.7. The number of carbonyl (C=O) groups excluding carboxylic acids is 11. The lowest BCUT2D eigenvalue weighted by atomic mass is 9.99. The first-order valence-corrected chi connectivity index (χ1v) is 43.0. The predicted molar refractivity (Wildman–Crippen MR) is 487 cm³/mol. The molecule has 2 unspecified atom stereocenters. The number of unbranched alkanes of at least 4 members (excludes halogenated alkanes) is 2. The van der Waals surface area contributed by atoms with Crippen LogP contribution in [0.3, 0.4) is 0 Å². The van der Waals surface area contributed by atoms with Gasteiger partial charge in [0.25, 0.3) is 0 Å². The van der Waals surface area contributed by atoms with Gasteiger partial charge in [0.05, 0.1) is 58.7 Å². The van der Waals surface area contributed by atoms with E-state index in [4.69, 9.17) is 62.6 Å². The highest BCUT2D eigenvalue weighted by Crippen LogP contribution is 2.26. The van der Waals surface area contributed by atoms with Crippen LogP contribution in [0.4, 0.5) is 58.1 Å². The number of hydrogen-bond donors (Lipinski definition) is 7. The number of aliphatic carboxylic acids is 1. The monoisotopic (exact) mass is 1800 g/mol. The van der Waals surface area contributed by atoms with E-state index >= 15 is 0 Å². The highest BCUT2D eigenvalue weighted by Gasteiger charge is 2.40. The average molecular weight is 1800 g/mol. The standard InChI is InChI=1S/C101H104N6O25/c1-101(95(114)115,132-100(120)107-87-35-15-27-75(60-87)53-72-24-10-30-82(102)55-72)67-130-98(118)105-85-33-11-25-73(56-85)47-70-18-8-20-78(51-70)61-91(110)122-38-4-5-39-126-96(116)103-83-31-12-28-76(57-83)54-77-29-13-32-84(58-77)104-97(117)127-43-41-121-40-42-123-89(108)36-2-3-37-90(109)131-99(119)106-86-34-14-26-74(59-86)48-71-19-9-22-80(52-71)63-93(112)125-45-44-124-92(111)62-79-21-6-16-68(49-79)46-69-17-7-23-81(50-69)64-94(113)129-66-88-65-128-88/h6-35,49-52,55-60,88H,2-5,36-48,53-54,61-67,102H2,1H3,(H,103,116)(H,104,117)(H,105,118)(H,106,119)(H,107,120)(H,114,115). The summed E-state index contributed by atoms with van der Waals surface area (Å²) >= 11 is 0. The molecule has 31 nitrogen and oxygen atoms in total. The molecule has 5 amide bonds. The van der Waals surface area contributed by atoms with Crippen molar-refractivity contribution in [1.82, 2.24) is 0 Å². The molecule has 10 aromatic rings. The third-order valence-corrected chi connectivity index (χ3v) is 20.1. The molecule has 0 bridgehead atoms. The van der Waals surface area contributed by atoms with Crippen LogP contribution in [0.2, 0.25) is 0 Å². The highest BCUT2D eigenvalue weighted by atomic mass is 16.6. The lowest BCUT2D eigenvalue weighted by Crippen LogP contribution is -2.46. The Bertz CT molecular complexity index is 5660. The van der Waals surface area contributed by atoms with Crippen LogP contribution in [0.1, 0.15) is 123 Å². The van der Waals surface area contributed by atoms with Crippen molar-refractivity contribution < 1.29 is 119 Å². The summed E-state index contributed by atoms with van der Waals surface area (Å²) in [4.78, 5) is 152. The van der Waals surface area contributed by atoms with Gasteiger partial charge in [-0.1, -0.05) is 170 Å². The first kappa shape index (κ1) is 97.4. The zero-order valence-corrected chi connectivity index (χ0v) is 72.9. The van der Waals surface area contributed by atoms with Crippen molar-refractivity contribution in [2.75, 3.05) is 105 Å². The smallest absolute Gasteiger partial charge is 0.419 e. The van der Waals surface area contributed by atoms with Gasteiger partial charge in [-0.25, -0.2) is 28.8 Å². The molecule has 11 rings (SSSR count). The molecule has 8 N–H and O–H groups in total. The Hall–Kier alpha value is -15.2. The molecule has 2 atom stereocenters. The third-order valence-electron chi connectivity index (χ3n) is 20.1. The maximum atomic E-state index is 12.9. The van der Waals surface area contributed by atoms with Crippen LogP contribution in [0.15, 0.2) is 243 Å². The number of amides is 5. The number of nitrogens with two attached hydrogens (primary N) is 1. The Labute approximate surface area is 762 Å². The molecular weight excluding hydrogens is 1700 g/mol. The van der Waals surface area contributed by atoms with Crippen molar-refractivity contribution in [3.05, 3.63) is 321 Å². The van der Waals surface area contributed by atoms with Crippen molar-refractivity contribution >= 4 is 106 Å². The van der Waals surface area contributed by atoms with Crippen LogP contribution in [0.5, 0.6) is 0 Å². The number of hydrogen-bond acceptors (Lipinski definition) is 25. The number of carboxylic acid groups (broad SMARTS) is 1. The van der Waals surface area contributed by atoms with Gasteiger partial charge in [0.2, 0.25) is 5.60 Å². The first-order chi connectivity index (χ1) is 63.9. The highest BCUT2D eigenvalue weighted by molar-refractivity contribution is 5.93. The van der Waals surface area contributed by atoms with E-state index in [1.165, 1.54) is 0 Å². The van der Waals surface area contributed by atoms with E-state index in [1.54, 1.807) is 109 Å². The normalized spacial score (nSPS) is 12.2. The Morgan fingerprint density at radius 1 is 0.326 bits per heavy atom. The molecule has 0 radical (unpaired) electrons. The lowest BCUT2D eigenvalue weighted by Gasteiger charge is -2.24. The summed E-state index contributed by atoms with van der Waals surface area (Å²) in [5, 5.41) is 23.1.